The van der Waals surface area contributed by atoms with E-state index in [1.807, 2.05) is 29.2 Å². The van der Waals surface area contributed by atoms with Crippen molar-refractivity contribution in [2.75, 3.05) is 19.7 Å². The van der Waals surface area contributed by atoms with Crippen molar-refractivity contribution < 1.29 is 14.1 Å². The number of likely N-dealkylation sites (tertiary alicyclic amines) is 1. The lowest BCUT2D eigenvalue weighted by atomic mass is 9.98. The summed E-state index contributed by atoms with van der Waals surface area (Å²) in [4.78, 5) is 14.7. The first-order valence-electron chi connectivity index (χ1n) is 9.09. The third kappa shape index (κ3) is 4.41. The van der Waals surface area contributed by atoms with Crippen molar-refractivity contribution in [2.24, 2.45) is 5.92 Å². The molecule has 134 valence electrons. The molecule has 1 aliphatic rings. The molecule has 0 saturated carbocycles. The van der Waals surface area contributed by atoms with Crippen LogP contribution in [0, 0.1) is 12.8 Å². The Kier molecular flexibility index (Phi) is 5.74. The Morgan fingerprint density at radius 1 is 1.36 bits per heavy atom. The Bertz CT molecular complexity index is 693. The molecule has 1 atom stereocenters. The number of nitrogens with zero attached hydrogens (tertiary/aromatic N) is 2. The van der Waals surface area contributed by atoms with E-state index in [0.29, 0.717) is 23.8 Å². The van der Waals surface area contributed by atoms with Gasteiger partial charge in [0.15, 0.2) is 0 Å². The van der Waals surface area contributed by atoms with Crippen LogP contribution < -0.4 is 4.74 Å². The van der Waals surface area contributed by atoms with Gasteiger partial charge in [-0.15, -0.1) is 0 Å². The van der Waals surface area contributed by atoms with E-state index >= 15 is 0 Å². The van der Waals surface area contributed by atoms with Gasteiger partial charge in [0.25, 0.3) is 5.91 Å². The van der Waals surface area contributed by atoms with E-state index in [-0.39, 0.29) is 5.91 Å². The molecular formula is C20H26N2O3. The predicted octanol–water partition coefficient (Wildman–Crippen LogP) is 3.87. The molecule has 2 heterocycles. The minimum atomic E-state index is 0.0322. The molecule has 2 aromatic rings. The minimum Gasteiger partial charge on any atom is -0.493 e. The van der Waals surface area contributed by atoms with Crippen LogP contribution in [0.1, 0.15) is 47.9 Å². The Labute approximate surface area is 148 Å². The zero-order chi connectivity index (χ0) is 17.6. The summed E-state index contributed by atoms with van der Waals surface area (Å²) in [6, 6.07) is 8.09. The van der Waals surface area contributed by atoms with Crippen molar-refractivity contribution in [3.8, 4) is 5.75 Å². The number of ether oxygens (including phenoxy) is 1. The van der Waals surface area contributed by atoms with Gasteiger partial charge in [-0.2, -0.15) is 0 Å². The summed E-state index contributed by atoms with van der Waals surface area (Å²) in [6.07, 6.45) is 5.32. The Hall–Kier alpha value is -2.30. The molecular weight excluding hydrogens is 316 g/mol. The summed E-state index contributed by atoms with van der Waals surface area (Å²) in [6.45, 7) is 6.28. The number of aromatic nitrogens is 1. The summed E-state index contributed by atoms with van der Waals surface area (Å²) in [5.41, 5.74) is 1.83. The molecule has 1 aromatic carbocycles. The molecule has 0 radical (unpaired) electrons. The summed E-state index contributed by atoms with van der Waals surface area (Å²) >= 11 is 0. The topological polar surface area (TPSA) is 55.6 Å². The SMILES string of the molecule is CCCc1oncc1C(=O)N1CCCC(COc2ccc(C)cc2)C1. The van der Waals surface area contributed by atoms with Gasteiger partial charge in [0.1, 0.15) is 17.1 Å². The van der Waals surface area contributed by atoms with Crippen molar-refractivity contribution in [1.29, 1.82) is 0 Å². The van der Waals surface area contributed by atoms with E-state index in [9.17, 15) is 4.79 Å². The first-order valence-corrected chi connectivity index (χ1v) is 9.09. The first-order chi connectivity index (χ1) is 12.2. The fourth-order valence-corrected chi connectivity index (χ4v) is 3.25. The summed E-state index contributed by atoms with van der Waals surface area (Å²) < 4.78 is 11.1. The second kappa shape index (κ2) is 8.19. The monoisotopic (exact) mass is 342 g/mol. The fraction of sp³-hybridized carbons (Fsp3) is 0.500. The highest BCUT2D eigenvalue weighted by Crippen LogP contribution is 2.22. The van der Waals surface area contributed by atoms with Crippen LogP contribution in [-0.4, -0.2) is 35.7 Å². The van der Waals surface area contributed by atoms with Gasteiger partial charge in [0.05, 0.1) is 12.8 Å². The van der Waals surface area contributed by atoms with Gasteiger partial charge in [0.2, 0.25) is 0 Å². The lowest BCUT2D eigenvalue weighted by molar-refractivity contribution is 0.0631. The van der Waals surface area contributed by atoms with Gasteiger partial charge < -0.3 is 14.2 Å². The molecule has 1 amide bonds. The van der Waals surface area contributed by atoms with Crippen molar-refractivity contribution >= 4 is 5.91 Å². The second-order valence-electron chi connectivity index (χ2n) is 6.80. The number of piperidine rings is 1. The number of rotatable bonds is 6. The fourth-order valence-electron chi connectivity index (χ4n) is 3.25. The smallest absolute Gasteiger partial charge is 0.259 e. The van der Waals surface area contributed by atoms with E-state index in [1.54, 1.807) is 6.20 Å². The molecule has 0 N–H and O–H groups in total. The molecule has 0 spiro atoms. The van der Waals surface area contributed by atoms with E-state index in [4.69, 9.17) is 9.26 Å². The molecule has 25 heavy (non-hydrogen) atoms. The maximum absolute atomic E-state index is 12.8. The third-order valence-corrected chi connectivity index (χ3v) is 4.67. The molecule has 1 saturated heterocycles. The molecule has 3 rings (SSSR count). The number of carbonyl (C=O) groups excluding carboxylic acids is 1. The zero-order valence-corrected chi connectivity index (χ0v) is 15.0. The van der Waals surface area contributed by atoms with Crippen LogP contribution in [0.2, 0.25) is 0 Å². The number of hydrogen-bond donors (Lipinski definition) is 0. The number of carbonyl (C=O) groups is 1. The normalized spacial score (nSPS) is 17.5. The molecule has 0 aliphatic carbocycles. The molecule has 5 heteroatoms. The maximum atomic E-state index is 12.8. The van der Waals surface area contributed by atoms with Gasteiger partial charge >= 0.3 is 0 Å². The first kappa shape index (κ1) is 17.5. The second-order valence-corrected chi connectivity index (χ2v) is 6.80. The summed E-state index contributed by atoms with van der Waals surface area (Å²) in [5.74, 6) is 1.97. The molecule has 5 nitrogen and oxygen atoms in total. The van der Waals surface area contributed by atoms with Crippen molar-refractivity contribution in [3.63, 3.8) is 0 Å². The number of amides is 1. The molecule has 1 unspecified atom stereocenters. The minimum absolute atomic E-state index is 0.0322. The number of benzene rings is 1. The molecule has 1 fully saturated rings. The highest BCUT2D eigenvalue weighted by atomic mass is 16.5. The van der Waals surface area contributed by atoms with Crippen molar-refractivity contribution in [1.82, 2.24) is 10.1 Å². The van der Waals surface area contributed by atoms with Crippen LogP contribution in [-0.2, 0) is 6.42 Å². The van der Waals surface area contributed by atoms with E-state index in [0.717, 1.165) is 44.5 Å². The van der Waals surface area contributed by atoms with Crippen LogP contribution in [0.5, 0.6) is 5.75 Å². The third-order valence-electron chi connectivity index (χ3n) is 4.67. The van der Waals surface area contributed by atoms with E-state index in [2.05, 4.69) is 19.0 Å². The van der Waals surface area contributed by atoms with Crippen molar-refractivity contribution in [3.05, 3.63) is 47.3 Å². The molecule has 0 bridgehead atoms. The van der Waals surface area contributed by atoms with Crippen LogP contribution in [0.25, 0.3) is 0 Å². The van der Waals surface area contributed by atoms with Gasteiger partial charge in [-0.05, 0) is 38.3 Å². The Balaban J connectivity index is 1.57. The number of hydrogen-bond acceptors (Lipinski definition) is 4. The Morgan fingerprint density at radius 2 is 2.16 bits per heavy atom. The quantitative estimate of drug-likeness (QED) is 0.800. The predicted molar refractivity (Wildman–Crippen MR) is 95.8 cm³/mol. The van der Waals surface area contributed by atoms with Gasteiger partial charge in [-0.1, -0.05) is 29.8 Å². The largest absolute Gasteiger partial charge is 0.493 e. The number of aryl methyl sites for hydroxylation is 2. The van der Waals surface area contributed by atoms with Crippen LogP contribution in [0.3, 0.4) is 0 Å². The van der Waals surface area contributed by atoms with Gasteiger partial charge in [-0.3, -0.25) is 4.79 Å². The Morgan fingerprint density at radius 3 is 2.92 bits per heavy atom. The van der Waals surface area contributed by atoms with Crippen LogP contribution >= 0.6 is 0 Å². The van der Waals surface area contributed by atoms with E-state index in [1.165, 1.54) is 5.56 Å². The summed E-state index contributed by atoms with van der Waals surface area (Å²) in [7, 11) is 0. The van der Waals surface area contributed by atoms with Gasteiger partial charge in [-0.25, -0.2) is 0 Å². The lowest BCUT2D eigenvalue weighted by Gasteiger charge is -2.32. The zero-order valence-electron chi connectivity index (χ0n) is 15.0. The average molecular weight is 342 g/mol. The standard InChI is InChI=1S/C20H26N2O3/c1-3-5-19-18(12-21-25-19)20(23)22-11-4-6-16(13-22)14-24-17-9-7-15(2)8-10-17/h7-10,12,16H,3-6,11,13-14H2,1-2H3. The molecule has 1 aliphatic heterocycles. The van der Waals surface area contributed by atoms with Crippen LogP contribution in [0.4, 0.5) is 0 Å². The van der Waals surface area contributed by atoms with Crippen LogP contribution in [0.15, 0.2) is 35.0 Å². The highest BCUT2D eigenvalue weighted by molar-refractivity contribution is 5.94. The lowest BCUT2D eigenvalue weighted by Crippen LogP contribution is -2.41. The van der Waals surface area contributed by atoms with E-state index < -0.39 is 0 Å². The van der Waals surface area contributed by atoms with Gasteiger partial charge in [0, 0.05) is 25.4 Å². The average Bonchev–Trinajstić information content (AvgIpc) is 3.09. The van der Waals surface area contributed by atoms with Crippen molar-refractivity contribution in [2.45, 2.75) is 39.5 Å². The highest BCUT2D eigenvalue weighted by Gasteiger charge is 2.27. The maximum Gasteiger partial charge on any atom is 0.259 e. The molecule has 1 aromatic heterocycles. The summed E-state index contributed by atoms with van der Waals surface area (Å²) in [5, 5.41) is 3.81.